The molecule has 29 heavy (non-hydrogen) atoms. The van der Waals surface area contributed by atoms with E-state index in [1.165, 1.54) is 13.8 Å². The van der Waals surface area contributed by atoms with E-state index in [4.69, 9.17) is 5.73 Å². The molecule has 0 unspecified atom stereocenters. The lowest BCUT2D eigenvalue weighted by atomic mass is 10.1. The number of nitrogens with one attached hydrogen (secondary N) is 1. The highest BCUT2D eigenvalue weighted by molar-refractivity contribution is 7.93. The molecule has 0 atom stereocenters. The summed E-state index contributed by atoms with van der Waals surface area (Å²) in [6, 6.07) is 4.37. The van der Waals surface area contributed by atoms with E-state index < -0.39 is 39.4 Å². The Kier molecular flexibility index (Phi) is 5.97. The number of halogens is 3. The van der Waals surface area contributed by atoms with Crippen LogP contribution in [0.1, 0.15) is 24.2 Å². The molecule has 1 heterocycles. The van der Waals surface area contributed by atoms with Gasteiger partial charge in [0.25, 0.3) is 11.8 Å². The number of carbonyl (C=O) groups is 2. The average molecular weight is 452 g/mol. The predicted molar refractivity (Wildman–Crippen MR) is 96.3 cm³/mol. The Morgan fingerprint density at radius 1 is 1.17 bits per heavy atom. The Bertz CT molecular complexity index is 1040. The van der Waals surface area contributed by atoms with Crippen molar-refractivity contribution in [2.75, 3.05) is 5.32 Å². The number of anilines is 1. The molecule has 0 bridgehead atoms. The van der Waals surface area contributed by atoms with Crippen LogP contribution in [0, 0.1) is 0 Å². The maximum atomic E-state index is 12.7. The SMILES string of the molecule is CC(C)(O)C(=O)Nc1sc(S(=O)(=O)c2ccc(OC(F)(F)F)cc2)cc1C(N)=O. The number of rotatable bonds is 6. The van der Waals surface area contributed by atoms with Gasteiger partial charge in [-0.15, -0.1) is 24.5 Å². The molecule has 8 nitrogen and oxygen atoms in total. The third kappa shape index (κ3) is 5.46. The first-order chi connectivity index (χ1) is 13.1. The number of alkyl halides is 3. The van der Waals surface area contributed by atoms with E-state index in [-0.39, 0.29) is 19.7 Å². The Hall–Kier alpha value is -2.64. The van der Waals surface area contributed by atoms with Crippen molar-refractivity contribution in [1.82, 2.24) is 0 Å². The number of sulfone groups is 1. The van der Waals surface area contributed by atoms with E-state index in [2.05, 4.69) is 10.1 Å². The molecule has 0 aliphatic rings. The molecule has 0 aliphatic carbocycles. The molecule has 2 aromatic rings. The van der Waals surface area contributed by atoms with Crippen LogP contribution in [0.2, 0.25) is 0 Å². The van der Waals surface area contributed by atoms with Crippen molar-refractivity contribution in [1.29, 1.82) is 0 Å². The zero-order chi connectivity index (χ0) is 22.2. The Morgan fingerprint density at radius 3 is 2.17 bits per heavy atom. The van der Waals surface area contributed by atoms with E-state index in [0.29, 0.717) is 11.3 Å². The molecular formula is C16H15F3N2O6S2. The highest BCUT2D eigenvalue weighted by Gasteiger charge is 2.32. The lowest BCUT2D eigenvalue weighted by Gasteiger charge is -2.16. The third-order valence-corrected chi connectivity index (χ3v) is 6.68. The first-order valence-electron chi connectivity index (χ1n) is 7.69. The summed E-state index contributed by atoms with van der Waals surface area (Å²) >= 11 is 0.505. The minimum Gasteiger partial charge on any atom is -0.406 e. The van der Waals surface area contributed by atoms with Gasteiger partial charge in [0.05, 0.1) is 10.5 Å². The Morgan fingerprint density at radius 2 is 1.72 bits per heavy atom. The third-order valence-electron chi connectivity index (χ3n) is 3.39. The van der Waals surface area contributed by atoms with Crippen LogP contribution in [0.4, 0.5) is 18.2 Å². The summed E-state index contributed by atoms with van der Waals surface area (Å²) in [5, 5.41) is 11.7. The van der Waals surface area contributed by atoms with E-state index in [1.54, 1.807) is 0 Å². The fourth-order valence-electron chi connectivity index (χ4n) is 1.97. The zero-order valence-corrected chi connectivity index (χ0v) is 16.5. The number of hydrogen-bond donors (Lipinski definition) is 3. The zero-order valence-electron chi connectivity index (χ0n) is 14.9. The first kappa shape index (κ1) is 22.6. The molecule has 0 aliphatic heterocycles. The van der Waals surface area contributed by atoms with Crippen LogP contribution in [-0.2, 0) is 14.6 Å². The van der Waals surface area contributed by atoms with Crippen LogP contribution in [0.3, 0.4) is 0 Å². The molecule has 1 aromatic carbocycles. The largest absolute Gasteiger partial charge is 0.573 e. The second-order valence-electron chi connectivity index (χ2n) is 6.21. The number of thiophene rings is 1. The minimum atomic E-state index is -4.93. The fraction of sp³-hybridized carbons (Fsp3) is 0.250. The minimum absolute atomic E-state index is 0.194. The summed E-state index contributed by atoms with van der Waals surface area (Å²) in [7, 11) is -4.25. The maximum absolute atomic E-state index is 12.7. The van der Waals surface area contributed by atoms with E-state index >= 15 is 0 Å². The van der Waals surface area contributed by atoms with Crippen molar-refractivity contribution in [3.63, 3.8) is 0 Å². The second-order valence-corrected chi connectivity index (χ2v) is 9.44. The van der Waals surface area contributed by atoms with E-state index in [9.17, 15) is 36.3 Å². The molecule has 0 saturated carbocycles. The van der Waals surface area contributed by atoms with Gasteiger partial charge in [-0.2, -0.15) is 0 Å². The van der Waals surface area contributed by atoms with Gasteiger partial charge in [0.1, 0.15) is 20.6 Å². The average Bonchev–Trinajstić information content (AvgIpc) is 2.98. The van der Waals surface area contributed by atoms with Gasteiger partial charge in [-0.1, -0.05) is 0 Å². The van der Waals surface area contributed by atoms with E-state index in [1.807, 2.05) is 0 Å². The van der Waals surface area contributed by atoms with Crippen molar-refractivity contribution in [3.05, 3.63) is 35.9 Å². The molecule has 4 N–H and O–H groups in total. The molecule has 1 aromatic heterocycles. The van der Waals surface area contributed by atoms with Crippen molar-refractivity contribution >= 4 is 38.0 Å². The van der Waals surface area contributed by atoms with Crippen molar-refractivity contribution in [2.45, 2.75) is 34.9 Å². The number of ether oxygens (including phenoxy) is 1. The molecule has 0 saturated heterocycles. The van der Waals surface area contributed by atoms with Crippen LogP contribution in [0.25, 0.3) is 0 Å². The normalized spacial score (nSPS) is 12.5. The Balaban J connectivity index is 2.41. The number of aliphatic hydroxyl groups is 1. The van der Waals surface area contributed by atoms with Crippen LogP contribution in [0.5, 0.6) is 5.75 Å². The van der Waals surface area contributed by atoms with Crippen LogP contribution in [-0.4, -0.2) is 37.3 Å². The molecule has 13 heteroatoms. The monoisotopic (exact) mass is 452 g/mol. The van der Waals surface area contributed by atoms with Crippen LogP contribution >= 0.6 is 11.3 Å². The van der Waals surface area contributed by atoms with Gasteiger partial charge in [-0.25, -0.2) is 8.42 Å². The summed E-state index contributed by atoms with van der Waals surface area (Å²) in [6.45, 7) is 2.37. The van der Waals surface area contributed by atoms with Crippen LogP contribution in [0.15, 0.2) is 39.4 Å². The number of amides is 2. The van der Waals surface area contributed by atoms with Gasteiger partial charge in [-0.3, -0.25) is 9.59 Å². The predicted octanol–water partition coefficient (Wildman–Crippen LogP) is 2.29. The van der Waals surface area contributed by atoms with Gasteiger partial charge in [0.15, 0.2) is 0 Å². The maximum Gasteiger partial charge on any atom is 0.573 e. The van der Waals surface area contributed by atoms with Crippen molar-refractivity contribution in [2.24, 2.45) is 5.73 Å². The summed E-state index contributed by atoms with van der Waals surface area (Å²) < 4.78 is 65.4. The Labute approximate surface area is 167 Å². The first-order valence-corrected chi connectivity index (χ1v) is 9.99. The highest BCUT2D eigenvalue weighted by Crippen LogP contribution is 2.35. The van der Waals surface area contributed by atoms with Gasteiger partial charge in [0.2, 0.25) is 9.84 Å². The standard InChI is InChI=1S/C16H15F3N2O6S2/c1-15(2,24)14(23)21-13-10(12(20)22)7-11(28-13)29(25,26)9-5-3-8(4-6-9)27-16(17,18)19/h3-7,24H,1-2H3,(H2,20,22)(H,21,23). The second kappa shape index (κ2) is 7.65. The molecule has 158 valence electrons. The van der Waals surface area contributed by atoms with Crippen molar-refractivity contribution < 1.29 is 41.0 Å². The van der Waals surface area contributed by atoms with Crippen LogP contribution < -0.4 is 15.8 Å². The van der Waals surface area contributed by atoms with Gasteiger partial charge < -0.3 is 20.9 Å². The number of carbonyl (C=O) groups excluding carboxylic acids is 2. The van der Waals surface area contributed by atoms with Crippen molar-refractivity contribution in [3.8, 4) is 5.75 Å². The lowest BCUT2D eigenvalue weighted by Crippen LogP contribution is -2.36. The smallest absolute Gasteiger partial charge is 0.406 e. The fourth-order valence-corrected chi connectivity index (χ4v) is 4.74. The van der Waals surface area contributed by atoms with E-state index in [0.717, 1.165) is 30.3 Å². The summed E-state index contributed by atoms with van der Waals surface area (Å²) in [5.41, 5.74) is 3.09. The molecule has 0 radical (unpaired) electrons. The molecule has 2 amide bonds. The molecular weight excluding hydrogens is 437 g/mol. The van der Waals surface area contributed by atoms with Gasteiger partial charge in [-0.05, 0) is 44.2 Å². The molecule has 0 spiro atoms. The number of nitrogens with two attached hydrogens (primary N) is 1. The highest BCUT2D eigenvalue weighted by atomic mass is 32.2. The van der Waals surface area contributed by atoms with Gasteiger partial charge >= 0.3 is 6.36 Å². The summed E-state index contributed by atoms with van der Waals surface area (Å²) in [6.07, 6.45) is -4.93. The molecule has 0 fully saturated rings. The lowest BCUT2D eigenvalue weighted by molar-refractivity contribution is -0.274. The summed E-state index contributed by atoms with van der Waals surface area (Å²) in [4.78, 5) is 23.2. The number of hydrogen-bond acceptors (Lipinski definition) is 7. The van der Waals surface area contributed by atoms with Gasteiger partial charge in [0, 0.05) is 0 Å². The molecule has 2 rings (SSSR count). The number of benzene rings is 1. The topological polar surface area (TPSA) is 136 Å². The summed E-state index contributed by atoms with van der Waals surface area (Å²) in [5.74, 6) is -2.54. The number of primary amides is 1. The quantitative estimate of drug-likeness (QED) is 0.615.